The van der Waals surface area contributed by atoms with Crippen molar-refractivity contribution in [1.82, 2.24) is 10.6 Å². The van der Waals surface area contributed by atoms with E-state index in [1.165, 1.54) is 30.4 Å². The SMILES string of the molecule is CCCC1CC1NC(=NCCc1ccc2c(c1)CCO2)NCC. The number of benzene rings is 1. The van der Waals surface area contributed by atoms with Gasteiger partial charge in [0.2, 0.25) is 0 Å². The summed E-state index contributed by atoms with van der Waals surface area (Å²) in [7, 11) is 0. The first-order chi connectivity index (χ1) is 11.3. The summed E-state index contributed by atoms with van der Waals surface area (Å²) in [5.41, 5.74) is 2.70. The van der Waals surface area contributed by atoms with Gasteiger partial charge in [-0.1, -0.05) is 25.5 Å². The smallest absolute Gasteiger partial charge is 0.191 e. The number of hydrogen-bond donors (Lipinski definition) is 2. The van der Waals surface area contributed by atoms with Gasteiger partial charge in [-0.2, -0.15) is 0 Å². The summed E-state index contributed by atoms with van der Waals surface area (Å²) in [6.07, 6.45) is 5.92. The molecule has 0 spiro atoms. The van der Waals surface area contributed by atoms with Crippen LogP contribution >= 0.6 is 0 Å². The molecule has 1 aliphatic heterocycles. The third kappa shape index (κ3) is 4.40. The van der Waals surface area contributed by atoms with Crippen LogP contribution in [0.5, 0.6) is 5.75 Å². The molecular formula is C19H29N3O. The minimum Gasteiger partial charge on any atom is -0.493 e. The number of guanidine groups is 1. The number of nitrogens with one attached hydrogen (secondary N) is 2. The zero-order valence-corrected chi connectivity index (χ0v) is 14.4. The van der Waals surface area contributed by atoms with E-state index in [9.17, 15) is 0 Å². The van der Waals surface area contributed by atoms with Gasteiger partial charge in [-0.3, -0.25) is 4.99 Å². The van der Waals surface area contributed by atoms with E-state index in [0.717, 1.165) is 50.2 Å². The number of ether oxygens (including phenoxy) is 1. The van der Waals surface area contributed by atoms with Gasteiger partial charge in [0.05, 0.1) is 6.61 Å². The highest BCUT2D eigenvalue weighted by atomic mass is 16.5. The van der Waals surface area contributed by atoms with Gasteiger partial charge in [-0.05, 0) is 49.3 Å². The first-order valence-corrected chi connectivity index (χ1v) is 9.09. The van der Waals surface area contributed by atoms with Gasteiger partial charge in [0.1, 0.15) is 5.75 Å². The highest BCUT2D eigenvalue weighted by molar-refractivity contribution is 5.80. The van der Waals surface area contributed by atoms with Crippen LogP contribution < -0.4 is 15.4 Å². The first kappa shape index (κ1) is 16.2. The van der Waals surface area contributed by atoms with Crippen molar-refractivity contribution in [3.05, 3.63) is 29.3 Å². The highest BCUT2D eigenvalue weighted by Gasteiger charge is 2.36. The Hall–Kier alpha value is -1.71. The van der Waals surface area contributed by atoms with Crippen molar-refractivity contribution < 1.29 is 4.74 Å². The summed E-state index contributed by atoms with van der Waals surface area (Å²) >= 11 is 0. The maximum absolute atomic E-state index is 5.56. The minimum absolute atomic E-state index is 0.630. The van der Waals surface area contributed by atoms with Gasteiger partial charge in [0.15, 0.2) is 5.96 Å². The molecule has 0 radical (unpaired) electrons. The number of nitrogens with zero attached hydrogens (tertiary/aromatic N) is 1. The predicted octanol–water partition coefficient (Wildman–Crippen LogP) is 2.91. The Labute approximate surface area is 139 Å². The minimum atomic E-state index is 0.630. The van der Waals surface area contributed by atoms with Crippen LogP contribution in [-0.4, -0.2) is 31.7 Å². The molecule has 2 atom stereocenters. The monoisotopic (exact) mass is 315 g/mol. The average Bonchev–Trinajstić information content (AvgIpc) is 3.10. The van der Waals surface area contributed by atoms with E-state index in [-0.39, 0.29) is 0 Å². The van der Waals surface area contributed by atoms with Gasteiger partial charge in [-0.25, -0.2) is 0 Å². The maximum atomic E-state index is 5.56. The van der Waals surface area contributed by atoms with Crippen molar-refractivity contribution >= 4 is 5.96 Å². The predicted molar refractivity (Wildman–Crippen MR) is 95.3 cm³/mol. The van der Waals surface area contributed by atoms with Crippen LogP contribution in [0.1, 0.15) is 44.2 Å². The third-order valence-electron chi connectivity index (χ3n) is 4.67. The van der Waals surface area contributed by atoms with E-state index in [1.807, 2.05) is 0 Å². The zero-order valence-electron chi connectivity index (χ0n) is 14.4. The van der Waals surface area contributed by atoms with Crippen molar-refractivity contribution in [3.8, 4) is 5.75 Å². The van der Waals surface area contributed by atoms with E-state index in [1.54, 1.807) is 0 Å². The number of rotatable bonds is 7. The fourth-order valence-electron chi connectivity index (χ4n) is 3.30. The molecule has 1 aromatic rings. The molecule has 4 nitrogen and oxygen atoms in total. The Kier molecular flexibility index (Phi) is 5.42. The lowest BCUT2D eigenvalue weighted by atomic mass is 10.1. The van der Waals surface area contributed by atoms with Crippen LogP contribution in [0.15, 0.2) is 23.2 Å². The van der Waals surface area contributed by atoms with Gasteiger partial charge in [-0.15, -0.1) is 0 Å². The lowest BCUT2D eigenvalue weighted by Crippen LogP contribution is -2.39. The molecule has 0 saturated heterocycles. The molecule has 1 saturated carbocycles. The Balaban J connectivity index is 1.50. The summed E-state index contributed by atoms with van der Waals surface area (Å²) in [6, 6.07) is 7.17. The van der Waals surface area contributed by atoms with Crippen LogP contribution in [0.3, 0.4) is 0 Å². The second-order valence-electron chi connectivity index (χ2n) is 6.59. The van der Waals surface area contributed by atoms with Crippen LogP contribution in [-0.2, 0) is 12.8 Å². The summed E-state index contributed by atoms with van der Waals surface area (Å²) in [5, 5.41) is 6.94. The third-order valence-corrected chi connectivity index (χ3v) is 4.67. The summed E-state index contributed by atoms with van der Waals surface area (Å²) < 4.78 is 5.56. The van der Waals surface area contributed by atoms with E-state index in [4.69, 9.17) is 9.73 Å². The van der Waals surface area contributed by atoms with Crippen molar-refractivity contribution in [2.75, 3.05) is 19.7 Å². The molecule has 4 heteroatoms. The Morgan fingerprint density at radius 3 is 3.09 bits per heavy atom. The summed E-state index contributed by atoms with van der Waals surface area (Å²) in [5.74, 6) is 2.88. The largest absolute Gasteiger partial charge is 0.493 e. The highest BCUT2D eigenvalue weighted by Crippen LogP contribution is 2.34. The molecule has 1 aliphatic carbocycles. The number of hydrogen-bond acceptors (Lipinski definition) is 2. The number of fused-ring (bicyclic) bond motifs is 1. The normalized spacial score (nSPS) is 22.4. The first-order valence-electron chi connectivity index (χ1n) is 9.09. The molecule has 126 valence electrons. The molecule has 0 bridgehead atoms. The van der Waals surface area contributed by atoms with Crippen molar-refractivity contribution in [3.63, 3.8) is 0 Å². The Morgan fingerprint density at radius 2 is 2.26 bits per heavy atom. The van der Waals surface area contributed by atoms with Gasteiger partial charge >= 0.3 is 0 Å². The fraction of sp³-hybridized carbons (Fsp3) is 0.632. The second-order valence-corrected chi connectivity index (χ2v) is 6.59. The van der Waals surface area contributed by atoms with E-state index in [2.05, 4.69) is 42.7 Å². The lowest BCUT2D eigenvalue weighted by Gasteiger charge is -2.11. The van der Waals surface area contributed by atoms with Crippen LogP contribution in [0.25, 0.3) is 0 Å². The van der Waals surface area contributed by atoms with Crippen molar-refractivity contribution in [1.29, 1.82) is 0 Å². The molecule has 1 aromatic carbocycles. The van der Waals surface area contributed by atoms with Crippen molar-refractivity contribution in [2.45, 2.75) is 52.0 Å². The van der Waals surface area contributed by atoms with E-state index < -0.39 is 0 Å². The summed E-state index contributed by atoms with van der Waals surface area (Å²) in [6.45, 7) is 6.93. The van der Waals surface area contributed by atoms with Crippen LogP contribution in [0, 0.1) is 5.92 Å². The maximum Gasteiger partial charge on any atom is 0.191 e. The average molecular weight is 315 g/mol. The van der Waals surface area contributed by atoms with Gasteiger partial charge in [0.25, 0.3) is 0 Å². The second kappa shape index (κ2) is 7.71. The molecule has 2 unspecified atom stereocenters. The Bertz CT molecular complexity index is 556. The molecular weight excluding hydrogens is 286 g/mol. The summed E-state index contributed by atoms with van der Waals surface area (Å²) in [4.78, 5) is 4.74. The molecule has 2 N–H and O–H groups in total. The topological polar surface area (TPSA) is 45.7 Å². The van der Waals surface area contributed by atoms with Gasteiger partial charge < -0.3 is 15.4 Å². The molecule has 23 heavy (non-hydrogen) atoms. The fourth-order valence-corrected chi connectivity index (χ4v) is 3.30. The lowest BCUT2D eigenvalue weighted by molar-refractivity contribution is 0.357. The molecule has 0 amide bonds. The zero-order chi connectivity index (χ0) is 16.1. The molecule has 0 aromatic heterocycles. The molecule has 3 rings (SSSR count). The van der Waals surface area contributed by atoms with E-state index >= 15 is 0 Å². The van der Waals surface area contributed by atoms with Crippen LogP contribution in [0.4, 0.5) is 0 Å². The quantitative estimate of drug-likeness (QED) is 0.601. The van der Waals surface area contributed by atoms with Gasteiger partial charge in [0, 0.05) is 25.6 Å². The Morgan fingerprint density at radius 1 is 1.35 bits per heavy atom. The molecule has 2 aliphatic rings. The van der Waals surface area contributed by atoms with Crippen LogP contribution in [0.2, 0.25) is 0 Å². The molecule has 1 heterocycles. The number of aliphatic imine (C=N–C) groups is 1. The molecule has 1 fully saturated rings. The van der Waals surface area contributed by atoms with Crippen molar-refractivity contribution in [2.24, 2.45) is 10.9 Å². The van der Waals surface area contributed by atoms with E-state index in [0.29, 0.717) is 6.04 Å². The standard InChI is InChI=1S/C19H29N3O/c1-3-5-15-13-17(15)22-19(20-4-2)21-10-8-14-6-7-18-16(12-14)9-11-23-18/h6-7,12,15,17H,3-5,8-11,13H2,1-2H3,(H2,20,21,22).